The van der Waals surface area contributed by atoms with E-state index in [1.165, 1.54) is 33.3 Å². The van der Waals surface area contributed by atoms with Gasteiger partial charge in [0.25, 0.3) is 0 Å². The number of hydrogen-bond donors (Lipinski definition) is 1. The van der Waals surface area contributed by atoms with Crippen LogP contribution < -0.4 is 0 Å². The van der Waals surface area contributed by atoms with E-state index >= 15 is 0 Å². The van der Waals surface area contributed by atoms with Crippen molar-refractivity contribution in [1.29, 1.82) is 0 Å². The summed E-state index contributed by atoms with van der Waals surface area (Å²) >= 11 is 0. The lowest BCUT2D eigenvalue weighted by Gasteiger charge is -2.34. The van der Waals surface area contributed by atoms with Crippen LogP contribution >= 0.6 is 0 Å². The standard InChI is InChI=1S/C26H23N/c1-3-9-20(10-4-1)17-26(18-21-11-5-2-6-12-21)16-15-23-22-13-7-8-14-24(22)27-25(23)19-26/h1-16,27H,17-19H2. The van der Waals surface area contributed by atoms with Gasteiger partial charge in [0, 0.05) is 27.6 Å². The van der Waals surface area contributed by atoms with Crippen LogP contribution in [0.5, 0.6) is 0 Å². The first kappa shape index (κ1) is 16.1. The molecule has 0 saturated heterocycles. The summed E-state index contributed by atoms with van der Waals surface area (Å²) in [4.78, 5) is 3.69. The van der Waals surface area contributed by atoms with Crippen LogP contribution in [0.2, 0.25) is 0 Å². The number of hydrogen-bond acceptors (Lipinski definition) is 0. The van der Waals surface area contributed by atoms with E-state index in [1.807, 2.05) is 0 Å². The quantitative estimate of drug-likeness (QED) is 0.451. The van der Waals surface area contributed by atoms with Crippen molar-refractivity contribution in [1.82, 2.24) is 4.98 Å². The van der Waals surface area contributed by atoms with Crippen molar-refractivity contribution in [2.24, 2.45) is 5.41 Å². The van der Waals surface area contributed by atoms with Crippen molar-refractivity contribution < 1.29 is 0 Å². The minimum atomic E-state index is 0.0938. The summed E-state index contributed by atoms with van der Waals surface area (Å²) in [6.45, 7) is 0. The Kier molecular flexibility index (Phi) is 3.94. The second-order valence-electron chi connectivity index (χ2n) is 7.76. The lowest BCUT2D eigenvalue weighted by Crippen LogP contribution is -2.29. The molecule has 0 unspecified atom stereocenters. The van der Waals surface area contributed by atoms with Crippen molar-refractivity contribution in [3.8, 4) is 0 Å². The molecule has 1 heteroatoms. The molecule has 0 aliphatic heterocycles. The molecule has 1 nitrogen and oxygen atoms in total. The fourth-order valence-electron chi connectivity index (χ4n) is 4.53. The van der Waals surface area contributed by atoms with Gasteiger partial charge in [0.05, 0.1) is 0 Å². The molecule has 0 spiro atoms. The summed E-state index contributed by atoms with van der Waals surface area (Å²) in [6, 6.07) is 30.4. The molecule has 0 bridgehead atoms. The maximum atomic E-state index is 3.69. The van der Waals surface area contributed by atoms with E-state index in [2.05, 4.69) is 102 Å². The molecule has 1 aliphatic carbocycles. The van der Waals surface area contributed by atoms with Crippen LogP contribution in [-0.4, -0.2) is 4.98 Å². The average Bonchev–Trinajstić information content (AvgIpc) is 3.06. The topological polar surface area (TPSA) is 15.8 Å². The third-order valence-electron chi connectivity index (χ3n) is 5.76. The van der Waals surface area contributed by atoms with Gasteiger partial charge in [0.2, 0.25) is 0 Å². The Labute approximate surface area is 160 Å². The molecule has 4 aromatic rings. The summed E-state index contributed by atoms with van der Waals surface area (Å²) in [5, 5.41) is 1.33. The first-order valence-electron chi connectivity index (χ1n) is 9.68. The van der Waals surface area contributed by atoms with Crippen molar-refractivity contribution in [3.63, 3.8) is 0 Å². The number of benzene rings is 3. The SMILES string of the molecule is C1=CC(Cc2ccccc2)(Cc2ccccc2)Cc2[nH]c3ccccc3c21. The number of aromatic nitrogens is 1. The number of H-pyrrole nitrogens is 1. The molecule has 0 fully saturated rings. The Hall–Kier alpha value is -3.06. The van der Waals surface area contributed by atoms with Gasteiger partial charge in [-0.3, -0.25) is 0 Å². The van der Waals surface area contributed by atoms with Crippen LogP contribution in [0, 0.1) is 5.41 Å². The van der Waals surface area contributed by atoms with Crippen molar-refractivity contribution in [2.75, 3.05) is 0 Å². The molecule has 1 aromatic heterocycles. The van der Waals surface area contributed by atoms with Gasteiger partial charge >= 0.3 is 0 Å². The van der Waals surface area contributed by atoms with Crippen molar-refractivity contribution in [2.45, 2.75) is 19.3 Å². The van der Waals surface area contributed by atoms with E-state index < -0.39 is 0 Å². The number of rotatable bonds is 4. The highest BCUT2D eigenvalue weighted by Gasteiger charge is 2.33. The fourth-order valence-corrected chi connectivity index (χ4v) is 4.53. The Bertz CT molecular complexity index is 1050. The average molecular weight is 349 g/mol. The summed E-state index contributed by atoms with van der Waals surface area (Å²) in [6.07, 6.45) is 7.96. The third-order valence-corrected chi connectivity index (χ3v) is 5.76. The molecule has 1 heterocycles. The van der Waals surface area contributed by atoms with Gasteiger partial charge in [-0.15, -0.1) is 0 Å². The molecule has 5 rings (SSSR count). The van der Waals surface area contributed by atoms with Crippen LogP contribution in [0.3, 0.4) is 0 Å². The molecule has 0 radical (unpaired) electrons. The van der Waals surface area contributed by atoms with Crippen molar-refractivity contribution >= 4 is 17.0 Å². The lowest BCUT2D eigenvalue weighted by molar-refractivity contribution is 0.367. The van der Waals surface area contributed by atoms with Crippen LogP contribution in [0.25, 0.3) is 17.0 Å². The zero-order valence-corrected chi connectivity index (χ0v) is 15.4. The number of allylic oxidation sites excluding steroid dienone is 1. The lowest BCUT2D eigenvalue weighted by atomic mass is 9.70. The molecule has 0 saturated carbocycles. The summed E-state index contributed by atoms with van der Waals surface area (Å²) in [5.41, 5.74) is 6.86. The van der Waals surface area contributed by atoms with E-state index in [0.29, 0.717) is 0 Å². The molecule has 1 aliphatic rings. The Morgan fingerprint density at radius 1 is 0.704 bits per heavy atom. The maximum Gasteiger partial charge on any atom is 0.0462 e. The number of nitrogens with one attached hydrogen (secondary N) is 1. The van der Waals surface area contributed by atoms with Gasteiger partial charge in [-0.1, -0.05) is 91.0 Å². The van der Waals surface area contributed by atoms with Gasteiger partial charge in [0.15, 0.2) is 0 Å². The van der Waals surface area contributed by atoms with Gasteiger partial charge in [-0.05, 0) is 36.5 Å². The van der Waals surface area contributed by atoms with Crippen LogP contribution in [0.4, 0.5) is 0 Å². The Morgan fingerprint density at radius 3 is 1.96 bits per heavy atom. The number of fused-ring (bicyclic) bond motifs is 3. The molecule has 1 N–H and O–H groups in total. The van der Waals surface area contributed by atoms with E-state index in [9.17, 15) is 0 Å². The molecule has 0 atom stereocenters. The highest BCUT2D eigenvalue weighted by atomic mass is 14.7. The van der Waals surface area contributed by atoms with Crippen LogP contribution in [-0.2, 0) is 19.3 Å². The predicted molar refractivity (Wildman–Crippen MR) is 114 cm³/mol. The Balaban J connectivity index is 1.57. The summed E-state index contributed by atoms with van der Waals surface area (Å²) in [7, 11) is 0. The molecular formula is C26H23N. The molecule has 27 heavy (non-hydrogen) atoms. The van der Waals surface area contributed by atoms with E-state index in [0.717, 1.165) is 19.3 Å². The Morgan fingerprint density at radius 2 is 1.30 bits per heavy atom. The smallest absolute Gasteiger partial charge is 0.0462 e. The zero-order valence-electron chi connectivity index (χ0n) is 15.4. The molecule has 3 aromatic carbocycles. The zero-order chi connectivity index (χ0) is 18.1. The molecular weight excluding hydrogens is 326 g/mol. The third kappa shape index (κ3) is 3.10. The van der Waals surface area contributed by atoms with Gasteiger partial charge in [0.1, 0.15) is 0 Å². The second-order valence-corrected chi connectivity index (χ2v) is 7.76. The van der Waals surface area contributed by atoms with Gasteiger partial charge < -0.3 is 4.98 Å². The van der Waals surface area contributed by atoms with Gasteiger partial charge in [-0.25, -0.2) is 0 Å². The first-order chi connectivity index (χ1) is 13.3. The summed E-state index contributed by atoms with van der Waals surface area (Å²) < 4.78 is 0. The molecule has 132 valence electrons. The highest BCUT2D eigenvalue weighted by Crippen LogP contribution is 2.40. The van der Waals surface area contributed by atoms with E-state index in [4.69, 9.17) is 0 Å². The van der Waals surface area contributed by atoms with E-state index in [1.54, 1.807) is 0 Å². The predicted octanol–water partition coefficient (Wildman–Crippen LogP) is 6.21. The van der Waals surface area contributed by atoms with E-state index in [-0.39, 0.29) is 5.41 Å². The number of aromatic amines is 1. The maximum absolute atomic E-state index is 3.69. The highest BCUT2D eigenvalue weighted by molar-refractivity contribution is 5.91. The van der Waals surface area contributed by atoms with Crippen molar-refractivity contribution in [3.05, 3.63) is 113 Å². The normalized spacial score (nSPS) is 15.0. The minimum Gasteiger partial charge on any atom is -0.358 e. The molecule has 0 amide bonds. The van der Waals surface area contributed by atoms with Crippen LogP contribution in [0.1, 0.15) is 22.4 Å². The van der Waals surface area contributed by atoms with Gasteiger partial charge in [-0.2, -0.15) is 0 Å². The fraction of sp³-hybridized carbons (Fsp3) is 0.154. The summed E-state index contributed by atoms with van der Waals surface area (Å²) in [5.74, 6) is 0. The minimum absolute atomic E-state index is 0.0938. The second kappa shape index (κ2) is 6.59. The number of para-hydroxylation sites is 1. The largest absolute Gasteiger partial charge is 0.358 e. The van der Waals surface area contributed by atoms with Crippen LogP contribution in [0.15, 0.2) is 91.0 Å². The monoisotopic (exact) mass is 349 g/mol. The first-order valence-corrected chi connectivity index (χ1v) is 9.68.